The van der Waals surface area contributed by atoms with Crippen molar-refractivity contribution in [3.05, 3.63) is 63.6 Å². The normalized spacial score (nSPS) is 10.5. The van der Waals surface area contributed by atoms with Gasteiger partial charge in [0.1, 0.15) is 0 Å². The Morgan fingerprint density at radius 2 is 1.53 bits per heavy atom. The van der Waals surface area contributed by atoms with Crippen molar-refractivity contribution in [1.29, 1.82) is 0 Å². The van der Waals surface area contributed by atoms with Crippen molar-refractivity contribution >= 4 is 61.5 Å². The average Bonchev–Trinajstić information content (AvgIpc) is 2.32. The van der Waals surface area contributed by atoms with E-state index in [2.05, 4.69) is 0 Å². The summed E-state index contributed by atoms with van der Waals surface area (Å²) in [5, 5.41) is 1.81. The number of carbonyl (C=O) groups is 1. The van der Waals surface area contributed by atoms with Crippen LogP contribution in [0.1, 0.15) is 15.9 Å². The first kappa shape index (κ1) is 16.8. The molecule has 0 bridgehead atoms. The number of aryl methyl sites for hydroxylation is 1. The van der Waals surface area contributed by atoms with Crippen LogP contribution in [0.2, 0.25) is 10.0 Å². The van der Waals surface area contributed by atoms with E-state index in [4.69, 9.17) is 23.2 Å². The SMILES string of the molecule is Cc1ccc(PC(=O)c2c(Cl)cccc2Cl)cc1.[Li]. The molecule has 0 fully saturated rings. The third-order valence-electron chi connectivity index (χ3n) is 2.50. The van der Waals surface area contributed by atoms with E-state index in [1.807, 2.05) is 31.2 Å². The standard InChI is InChI=1S/C14H11Cl2OP.Li/c1-9-5-7-10(8-6-9)18-14(17)13-11(15)3-2-4-12(13)16;/h2-8,18H,1H3;. The second-order valence-electron chi connectivity index (χ2n) is 3.92. The van der Waals surface area contributed by atoms with Gasteiger partial charge in [0.05, 0.1) is 15.6 Å². The molecule has 19 heavy (non-hydrogen) atoms. The van der Waals surface area contributed by atoms with Crippen molar-refractivity contribution in [2.24, 2.45) is 0 Å². The van der Waals surface area contributed by atoms with Gasteiger partial charge in [0.15, 0.2) is 5.52 Å². The summed E-state index contributed by atoms with van der Waals surface area (Å²) in [5.41, 5.74) is 1.56. The minimum absolute atomic E-state index is 0. The predicted molar refractivity (Wildman–Crippen MR) is 85.7 cm³/mol. The molecule has 0 N–H and O–H groups in total. The molecule has 0 aromatic heterocycles. The Kier molecular flexibility index (Phi) is 6.61. The Morgan fingerprint density at radius 3 is 2.05 bits per heavy atom. The van der Waals surface area contributed by atoms with E-state index in [9.17, 15) is 4.79 Å². The first-order chi connectivity index (χ1) is 8.58. The largest absolute Gasteiger partial charge is 0.289 e. The van der Waals surface area contributed by atoms with E-state index in [1.54, 1.807) is 18.2 Å². The molecule has 2 rings (SSSR count). The van der Waals surface area contributed by atoms with Crippen molar-refractivity contribution < 1.29 is 4.79 Å². The number of rotatable bonds is 3. The topological polar surface area (TPSA) is 17.1 Å². The molecule has 2 aromatic rings. The predicted octanol–water partition coefficient (Wildman–Crippen LogP) is 4.07. The summed E-state index contributed by atoms with van der Waals surface area (Å²) in [4.78, 5) is 12.2. The molecular formula is C14H11Cl2LiOP. The third kappa shape index (κ3) is 4.35. The quantitative estimate of drug-likeness (QED) is 0.617. The van der Waals surface area contributed by atoms with Gasteiger partial charge in [0, 0.05) is 18.9 Å². The zero-order chi connectivity index (χ0) is 13.1. The van der Waals surface area contributed by atoms with Gasteiger partial charge in [-0.1, -0.05) is 59.1 Å². The molecular weight excluding hydrogens is 293 g/mol. The second-order valence-corrected chi connectivity index (χ2v) is 6.01. The molecule has 0 aliphatic heterocycles. The van der Waals surface area contributed by atoms with Gasteiger partial charge >= 0.3 is 0 Å². The Bertz CT molecular complexity index is 564. The van der Waals surface area contributed by atoms with Crippen LogP contribution in [-0.4, -0.2) is 24.4 Å². The van der Waals surface area contributed by atoms with Crippen LogP contribution < -0.4 is 5.30 Å². The fraction of sp³-hybridized carbons (Fsp3) is 0.0714. The molecule has 1 radical (unpaired) electrons. The van der Waals surface area contributed by atoms with Crippen LogP contribution in [0.25, 0.3) is 0 Å². The number of carbonyl (C=O) groups excluding carboxylic acids is 1. The van der Waals surface area contributed by atoms with Crippen molar-refractivity contribution in [3.63, 3.8) is 0 Å². The molecule has 0 spiro atoms. The summed E-state index contributed by atoms with van der Waals surface area (Å²) in [5.74, 6) is 0. The number of halogens is 2. The van der Waals surface area contributed by atoms with Gasteiger partial charge < -0.3 is 0 Å². The van der Waals surface area contributed by atoms with Crippen LogP contribution in [0.5, 0.6) is 0 Å². The van der Waals surface area contributed by atoms with E-state index in [0.717, 1.165) is 5.30 Å². The average molecular weight is 304 g/mol. The van der Waals surface area contributed by atoms with Crippen molar-refractivity contribution in [2.75, 3.05) is 0 Å². The smallest absolute Gasteiger partial charge is 0.188 e. The summed E-state index contributed by atoms with van der Waals surface area (Å²) in [6, 6.07) is 13.0. The Morgan fingerprint density at radius 1 is 1.00 bits per heavy atom. The van der Waals surface area contributed by atoms with Crippen molar-refractivity contribution in [1.82, 2.24) is 0 Å². The molecule has 0 heterocycles. The fourth-order valence-electron chi connectivity index (χ4n) is 1.55. The van der Waals surface area contributed by atoms with E-state index >= 15 is 0 Å². The maximum absolute atomic E-state index is 12.2. The summed E-state index contributed by atoms with van der Waals surface area (Å²) >= 11 is 12.0. The van der Waals surface area contributed by atoms with Gasteiger partial charge in [-0.3, -0.25) is 4.79 Å². The van der Waals surface area contributed by atoms with Gasteiger partial charge in [-0.2, -0.15) is 0 Å². The van der Waals surface area contributed by atoms with Gasteiger partial charge in [-0.05, 0) is 32.9 Å². The van der Waals surface area contributed by atoms with Gasteiger partial charge in [-0.25, -0.2) is 0 Å². The number of hydrogen-bond acceptors (Lipinski definition) is 1. The van der Waals surface area contributed by atoms with E-state index in [1.165, 1.54) is 5.56 Å². The third-order valence-corrected chi connectivity index (χ3v) is 4.23. The summed E-state index contributed by atoms with van der Waals surface area (Å²) in [6.07, 6.45) is 0. The van der Waals surface area contributed by atoms with Crippen LogP contribution in [0.3, 0.4) is 0 Å². The zero-order valence-corrected chi connectivity index (χ0v) is 13.2. The molecule has 1 unspecified atom stereocenters. The Balaban J connectivity index is 0.00000180. The van der Waals surface area contributed by atoms with Crippen LogP contribution >= 0.6 is 31.8 Å². The molecule has 5 heteroatoms. The number of benzene rings is 2. The minimum Gasteiger partial charge on any atom is -0.289 e. The van der Waals surface area contributed by atoms with Crippen molar-refractivity contribution in [3.8, 4) is 0 Å². The molecule has 1 nitrogen and oxygen atoms in total. The van der Waals surface area contributed by atoms with Crippen LogP contribution in [0.4, 0.5) is 0 Å². The maximum atomic E-state index is 12.2. The second kappa shape index (κ2) is 7.49. The van der Waals surface area contributed by atoms with Gasteiger partial charge in [0.2, 0.25) is 0 Å². The first-order valence-electron chi connectivity index (χ1n) is 5.40. The Labute approximate surface area is 136 Å². The molecule has 2 aromatic carbocycles. The molecule has 0 aliphatic carbocycles. The zero-order valence-electron chi connectivity index (χ0n) is 10.7. The van der Waals surface area contributed by atoms with E-state index < -0.39 is 0 Å². The van der Waals surface area contributed by atoms with Gasteiger partial charge in [0.25, 0.3) is 0 Å². The Hall–Kier alpha value is -0.283. The van der Waals surface area contributed by atoms with E-state index in [-0.39, 0.29) is 33.0 Å². The summed E-state index contributed by atoms with van der Waals surface area (Å²) < 4.78 is 0. The van der Waals surface area contributed by atoms with Crippen LogP contribution in [0.15, 0.2) is 42.5 Å². The molecule has 1 atom stereocenters. The molecule has 93 valence electrons. The van der Waals surface area contributed by atoms with Crippen molar-refractivity contribution in [2.45, 2.75) is 6.92 Å². The maximum Gasteiger partial charge on any atom is 0.188 e. The molecule has 0 aliphatic rings. The fourth-order valence-corrected chi connectivity index (χ4v) is 3.26. The van der Waals surface area contributed by atoms with E-state index in [0.29, 0.717) is 15.6 Å². The van der Waals surface area contributed by atoms with Gasteiger partial charge in [-0.15, -0.1) is 0 Å². The summed E-state index contributed by atoms with van der Waals surface area (Å²) in [6.45, 7) is 2.01. The first-order valence-corrected chi connectivity index (χ1v) is 7.15. The van der Waals surface area contributed by atoms with Crippen LogP contribution in [-0.2, 0) is 0 Å². The van der Waals surface area contributed by atoms with Crippen LogP contribution in [0, 0.1) is 6.92 Å². The minimum atomic E-state index is -0.0329. The number of hydrogen-bond donors (Lipinski definition) is 0. The molecule has 0 amide bonds. The summed E-state index contributed by atoms with van der Waals surface area (Å²) in [7, 11) is 0.0370. The molecule has 0 saturated heterocycles. The monoisotopic (exact) mass is 303 g/mol. The molecule has 0 saturated carbocycles.